The van der Waals surface area contributed by atoms with Gasteiger partial charge in [0.2, 0.25) is 5.13 Å². The minimum atomic E-state index is -0.749. The van der Waals surface area contributed by atoms with E-state index in [0.717, 1.165) is 17.4 Å². The highest BCUT2D eigenvalue weighted by Crippen LogP contribution is 2.35. The Morgan fingerprint density at radius 3 is 2.45 bits per heavy atom. The number of methoxy groups -OCH3 is 2. The third-order valence-electron chi connectivity index (χ3n) is 3.99. The number of benzene rings is 2. The van der Waals surface area contributed by atoms with Crippen LogP contribution in [0.25, 0.3) is 0 Å². The molecule has 0 aliphatic heterocycles. The highest BCUT2D eigenvalue weighted by molar-refractivity contribution is 8.01. The molecule has 12 heteroatoms. The SMILES string of the molecule is COc1cc(C(=O)Nc2nnc(SCC(=O)c3ccccc3)s2)c([N+](=O)[O-])cc1OC. The fourth-order valence-corrected chi connectivity index (χ4v) is 4.16. The van der Waals surface area contributed by atoms with Crippen LogP contribution in [0.5, 0.6) is 11.5 Å². The Labute approximate surface area is 184 Å². The molecule has 1 aromatic heterocycles. The van der Waals surface area contributed by atoms with E-state index in [0.29, 0.717) is 9.90 Å². The number of hydrogen-bond acceptors (Lipinski definition) is 10. The van der Waals surface area contributed by atoms with Crippen molar-refractivity contribution in [1.29, 1.82) is 0 Å². The number of Topliss-reactive ketones (excluding diaryl/α,β-unsaturated/α-hetero) is 1. The van der Waals surface area contributed by atoms with Crippen LogP contribution < -0.4 is 14.8 Å². The van der Waals surface area contributed by atoms with Crippen molar-refractivity contribution in [3.8, 4) is 11.5 Å². The van der Waals surface area contributed by atoms with Crippen LogP contribution in [0.3, 0.4) is 0 Å². The molecule has 0 atom stereocenters. The molecule has 3 rings (SSSR count). The van der Waals surface area contributed by atoms with Crippen molar-refractivity contribution in [2.75, 3.05) is 25.3 Å². The molecule has 0 saturated carbocycles. The van der Waals surface area contributed by atoms with Crippen molar-refractivity contribution in [3.63, 3.8) is 0 Å². The number of hydrogen-bond donors (Lipinski definition) is 1. The van der Waals surface area contributed by atoms with Gasteiger partial charge in [0.05, 0.1) is 31.0 Å². The zero-order valence-corrected chi connectivity index (χ0v) is 18.0. The summed E-state index contributed by atoms with van der Waals surface area (Å²) in [5, 5.41) is 21.8. The molecule has 160 valence electrons. The first-order chi connectivity index (χ1) is 14.9. The highest BCUT2D eigenvalue weighted by Gasteiger charge is 2.25. The number of nitro groups is 1. The first-order valence-corrected chi connectivity index (χ1v) is 10.5. The van der Waals surface area contributed by atoms with Crippen LogP contribution in [0.2, 0.25) is 0 Å². The van der Waals surface area contributed by atoms with Crippen molar-refractivity contribution in [1.82, 2.24) is 10.2 Å². The number of carbonyl (C=O) groups excluding carboxylic acids is 2. The molecule has 3 aromatic rings. The van der Waals surface area contributed by atoms with E-state index in [1.165, 1.54) is 32.0 Å². The standard InChI is InChI=1S/C19H16N4O6S2/c1-28-15-8-12(13(23(26)27)9-16(15)29-2)17(25)20-18-21-22-19(31-18)30-10-14(24)11-6-4-3-5-7-11/h3-9H,10H2,1-2H3,(H,20,21,25). The fourth-order valence-electron chi connectivity index (χ4n) is 2.52. The number of thioether (sulfide) groups is 1. The molecule has 0 unspecified atom stereocenters. The van der Waals surface area contributed by atoms with E-state index in [-0.39, 0.29) is 33.7 Å². The lowest BCUT2D eigenvalue weighted by Gasteiger charge is -2.10. The molecule has 0 bridgehead atoms. The monoisotopic (exact) mass is 460 g/mol. The van der Waals surface area contributed by atoms with Gasteiger partial charge in [0.1, 0.15) is 5.56 Å². The number of rotatable bonds is 9. The Bertz CT molecular complexity index is 1120. The second-order valence-electron chi connectivity index (χ2n) is 5.89. The van der Waals surface area contributed by atoms with Gasteiger partial charge in [-0.2, -0.15) is 0 Å². The molecular weight excluding hydrogens is 444 g/mol. The number of nitrogens with one attached hydrogen (secondary N) is 1. The topological polar surface area (TPSA) is 134 Å². The average Bonchev–Trinajstić information content (AvgIpc) is 3.24. The van der Waals surface area contributed by atoms with E-state index in [4.69, 9.17) is 9.47 Å². The molecule has 0 aliphatic rings. The lowest BCUT2D eigenvalue weighted by molar-refractivity contribution is -0.385. The third-order valence-corrected chi connectivity index (χ3v) is 5.96. The maximum absolute atomic E-state index is 12.6. The van der Waals surface area contributed by atoms with E-state index in [1.54, 1.807) is 24.3 Å². The highest BCUT2D eigenvalue weighted by atomic mass is 32.2. The van der Waals surface area contributed by atoms with Crippen LogP contribution in [0.1, 0.15) is 20.7 Å². The van der Waals surface area contributed by atoms with Crippen molar-refractivity contribution >= 4 is 45.6 Å². The van der Waals surface area contributed by atoms with Crippen LogP contribution in [0.4, 0.5) is 10.8 Å². The number of amides is 1. The summed E-state index contributed by atoms with van der Waals surface area (Å²) in [5.41, 5.74) is -0.0668. The molecule has 0 saturated heterocycles. The number of ether oxygens (including phenoxy) is 2. The Balaban J connectivity index is 1.71. The number of nitro benzene ring substituents is 1. The fraction of sp³-hybridized carbons (Fsp3) is 0.158. The molecule has 31 heavy (non-hydrogen) atoms. The molecular formula is C19H16N4O6S2. The van der Waals surface area contributed by atoms with Gasteiger partial charge in [0, 0.05) is 11.6 Å². The molecule has 0 aliphatic carbocycles. The van der Waals surface area contributed by atoms with E-state index >= 15 is 0 Å². The predicted molar refractivity (Wildman–Crippen MR) is 116 cm³/mol. The zero-order valence-electron chi connectivity index (χ0n) is 16.4. The molecule has 10 nitrogen and oxygen atoms in total. The van der Waals surface area contributed by atoms with Gasteiger partial charge in [-0.25, -0.2) is 0 Å². The van der Waals surface area contributed by atoms with Crippen molar-refractivity contribution in [2.45, 2.75) is 4.34 Å². The molecule has 1 amide bonds. The van der Waals surface area contributed by atoms with Crippen molar-refractivity contribution in [2.24, 2.45) is 0 Å². The summed E-state index contributed by atoms with van der Waals surface area (Å²) in [5.74, 6) is -0.351. The van der Waals surface area contributed by atoms with Gasteiger partial charge in [-0.05, 0) is 0 Å². The van der Waals surface area contributed by atoms with Crippen molar-refractivity contribution < 1.29 is 24.0 Å². The van der Waals surface area contributed by atoms with Crippen LogP contribution in [-0.2, 0) is 0 Å². The van der Waals surface area contributed by atoms with E-state index in [1.807, 2.05) is 6.07 Å². The number of anilines is 1. The minimum absolute atomic E-state index is 0.0626. The Hall–Kier alpha value is -3.51. The Morgan fingerprint density at radius 2 is 1.81 bits per heavy atom. The second-order valence-corrected chi connectivity index (χ2v) is 8.09. The number of aromatic nitrogens is 2. The summed E-state index contributed by atoms with van der Waals surface area (Å²) in [6.07, 6.45) is 0. The van der Waals surface area contributed by atoms with Crippen molar-refractivity contribution in [3.05, 3.63) is 63.7 Å². The molecule has 0 radical (unpaired) electrons. The number of nitrogens with zero attached hydrogens (tertiary/aromatic N) is 3. The zero-order chi connectivity index (χ0) is 22.4. The maximum atomic E-state index is 12.6. The molecule has 0 spiro atoms. The van der Waals surface area contributed by atoms with Gasteiger partial charge in [0.15, 0.2) is 21.6 Å². The number of ketones is 1. The lowest BCUT2D eigenvalue weighted by Crippen LogP contribution is -2.14. The largest absolute Gasteiger partial charge is 0.493 e. The molecule has 2 aromatic carbocycles. The van der Waals surface area contributed by atoms with E-state index < -0.39 is 16.5 Å². The maximum Gasteiger partial charge on any atom is 0.286 e. The van der Waals surface area contributed by atoms with Gasteiger partial charge in [-0.15, -0.1) is 10.2 Å². The molecule has 1 N–H and O–H groups in total. The van der Waals surface area contributed by atoms with Gasteiger partial charge in [0.25, 0.3) is 11.6 Å². The summed E-state index contributed by atoms with van der Waals surface area (Å²) in [6, 6.07) is 11.2. The van der Waals surface area contributed by atoms with Gasteiger partial charge in [-0.1, -0.05) is 53.4 Å². The third kappa shape index (κ3) is 5.35. The lowest BCUT2D eigenvalue weighted by atomic mass is 10.1. The second kappa shape index (κ2) is 10.00. The Kier molecular flexibility index (Phi) is 7.15. The summed E-state index contributed by atoms with van der Waals surface area (Å²) in [6.45, 7) is 0. The smallest absolute Gasteiger partial charge is 0.286 e. The van der Waals surface area contributed by atoms with Gasteiger partial charge in [-0.3, -0.25) is 25.0 Å². The summed E-state index contributed by atoms with van der Waals surface area (Å²) in [7, 11) is 2.70. The summed E-state index contributed by atoms with van der Waals surface area (Å²) in [4.78, 5) is 35.5. The van der Waals surface area contributed by atoms with E-state index in [9.17, 15) is 19.7 Å². The van der Waals surface area contributed by atoms with Crippen LogP contribution >= 0.6 is 23.1 Å². The first kappa shape index (κ1) is 22.2. The summed E-state index contributed by atoms with van der Waals surface area (Å²) < 4.78 is 10.6. The summed E-state index contributed by atoms with van der Waals surface area (Å²) >= 11 is 2.24. The van der Waals surface area contributed by atoms with Crippen LogP contribution in [0.15, 0.2) is 46.8 Å². The van der Waals surface area contributed by atoms with Crippen LogP contribution in [0, 0.1) is 10.1 Å². The van der Waals surface area contributed by atoms with E-state index in [2.05, 4.69) is 15.5 Å². The predicted octanol–water partition coefficient (Wildman–Crippen LogP) is 3.69. The van der Waals surface area contributed by atoms with Crippen LogP contribution in [-0.4, -0.2) is 46.8 Å². The minimum Gasteiger partial charge on any atom is -0.493 e. The molecule has 0 fully saturated rings. The normalized spacial score (nSPS) is 10.4. The van der Waals surface area contributed by atoms with Gasteiger partial charge >= 0.3 is 0 Å². The Morgan fingerprint density at radius 1 is 1.13 bits per heavy atom. The number of carbonyl (C=O) groups is 2. The average molecular weight is 460 g/mol. The molecule has 1 heterocycles. The first-order valence-electron chi connectivity index (χ1n) is 8.69. The van der Waals surface area contributed by atoms with Gasteiger partial charge < -0.3 is 9.47 Å². The quantitative estimate of drug-likeness (QED) is 0.167.